The minimum atomic E-state index is -3.62. The van der Waals surface area contributed by atoms with Gasteiger partial charge in [-0.15, -0.1) is 22.7 Å². The average Bonchev–Trinajstić information content (AvgIpc) is 2.95. The van der Waals surface area contributed by atoms with Crippen molar-refractivity contribution in [3.63, 3.8) is 0 Å². The Morgan fingerprint density at radius 3 is 2.74 bits per heavy atom. The van der Waals surface area contributed by atoms with Crippen LogP contribution in [0.4, 0.5) is 0 Å². The third-order valence-corrected chi connectivity index (χ3v) is 6.02. The summed E-state index contributed by atoms with van der Waals surface area (Å²) in [5, 5.41) is 1.88. The van der Waals surface area contributed by atoms with Crippen LogP contribution in [0.15, 0.2) is 28.5 Å². The Hall–Kier alpha value is -1.22. The van der Waals surface area contributed by atoms with Gasteiger partial charge in [-0.25, -0.2) is 13.1 Å². The van der Waals surface area contributed by atoms with E-state index in [9.17, 15) is 13.2 Å². The van der Waals surface area contributed by atoms with Crippen LogP contribution in [0.1, 0.15) is 19.4 Å². The molecular weight excluding hydrogens is 304 g/mol. The van der Waals surface area contributed by atoms with Crippen LogP contribution in [-0.4, -0.2) is 14.3 Å². The smallest absolute Gasteiger partial charge is 0.258 e. The highest BCUT2D eigenvalue weighted by Crippen LogP contribution is 2.25. The molecule has 0 spiro atoms. The summed E-state index contributed by atoms with van der Waals surface area (Å²) in [5.41, 5.74) is 5.15. The largest absolute Gasteiger partial charge is 0.365 e. The highest BCUT2D eigenvalue weighted by atomic mass is 32.2. The van der Waals surface area contributed by atoms with Crippen molar-refractivity contribution >= 4 is 38.6 Å². The number of amides is 1. The molecule has 0 saturated carbocycles. The Labute approximate surface area is 119 Å². The maximum Gasteiger partial charge on any atom is 0.258 e. The first-order valence-electron chi connectivity index (χ1n) is 5.32. The van der Waals surface area contributed by atoms with Gasteiger partial charge in [-0.1, -0.05) is 6.07 Å². The van der Waals surface area contributed by atoms with Gasteiger partial charge in [-0.3, -0.25) is 4.79 Å². The van der Waals surface area contributed by atoms with Crippen molar-refractivity contribution in [2.45, 2.75) is 18.4 Å². The molecule has 2 aromatic heterocycles. The Balaban J connectivity index is 2.22. The molecule has 2 heterocycles. The van der Waals surface area contributed by atoms with Crippen molar-refractivity contribution in [3.8, 4) is 0 Å². The van der Waals surface area contributed by atoms with Crippen molar-refractivity contribution in [1.29, 1.82) is 0 Å². The first-order chi connectivity index (χ1) is 8.90. The molecule has 2 rings (SSSR count). The minimum absolute atomic E-state index is 0.114. The molecule has 0 unspecified atom stereocenters. The molecule has 8 heteroatoms. The van der Waals surface area contributed by atoms with Crippen molar-refractivity contribution < 1.29 is 13.2 Å². The van der Waals surface area contributed by atoms with Crippen molar-refractivity contribution in [2.24, 2.45) is 5.73 Å². The van der Waals surface area contributed by atoms with Crippen LogP contribution in [0.25, 0.3) is 0 Å². The van der Waals surface area contributed by atoms with Gasteiger partial charge in [-0.2, -0.15) is 0 Å². The molecule has 2 aromatic rings. The fraction of sp³-hybridized carbons (Fsp3) is 0.182. The third kappa shape index (κ3) is 3.21. The van der Waals surface area contributed by atoms with Crippen LogP contribution < -0.4 is 10.5 Å². The number of thiophene rings is 2. The summed E-state index contributed by atoms with van der Waals surface area (Å²) in [6.45, 7) is 1.89. The van der Waals surface area contributed by atoms with E-state index < -0.39 is 15.9 Å². The topological polar surface area (TPSA) is 89.3 Å². The van der Waals surface area contributed by atoms with Gasteiger partial charge in [0.15, 0.2) is 0 Å². The van der Waals surface area contributed by atoms with Crippen LogP contribution in [0.2, 0.25) is 0 Å². The molecule has 0 fully saturated rings. The fourth-order valence-electron chi connectivity index (χ4n) is 1.51. The van der Waals surface area contributed by atoms with Crippen LogP contribution in [0, 0.1) is 6.92 Å². The van der Waals surface area contributed by atoms with E-state index in [-0.39, 0.29) is 16.3 Å². The summed E-state index contributed by atoms with van der Waals surface area (Å²) >= 11 is 2.56. The Kier molecular flexibility index (Phi) is 4.04. The number of nitrogens with one attached hydrogen (secondary N) is 1. The lowest BCUT2D eigenvalue weighted by Gasteiger charge is -2.04. The second kappa shape index (κ2) is 5.41. The normalized spacial score (nSPS) is 11.6. The average molecular weight is 316 g/mol. The number of hydrogen-bond acceptors (Lipinski definition) is 5. The molecule has 5 nitrogen and oxygen atoms in total. The number of sulfonamides is 1. The Morgan fingerprint density at radius 2 is 2.21 bits per heavy atom. The van der Waals surface area contributed by atoms with Crippen LogP contribution in [0.3, 0.4) is 0 Å². The number of carbonyl (C=O) groups is 1. The molecule has 0 aromatic carbocycles. The highest BCUT2D eigenvalue weighted by Gasteiger charge is 2.21. The predicted octanol–water partition coefficient (Wildman–Crippen LogP) is 1.70. The highest BCUT2D eigenvalue weighted by molar-refractivity contribution is 7.89. The standard InChI is InChI=1S/C11H12N2O3S3/c1-7-10(5-9(18-7)11(12)14)19(15,16)13-6-8-3-2-4-17-8/h2-5,13H,6H2,1H3,(H2,12,14). The molecule has 0 radical (unpaired) electrons. The summed E-state index contributed by atoms with van der Waals surface area (Å²) in [6.07, 6.45) is 0. The van der Waals surface area contributed by atoms with Gasteiger partial charge in [0.25, 0.3) is 5.91 Å². The van der Waals surface area contributed by atoms with E-state index in [4.69, 9.17) is 5.73 Å². The summed E-state index contributed by atoms with van der Waals surface area (Å²) in [7, 11) is -3.62. The number of hydrogen-bond donors (Lipinski definition) is 2. The van der Waals surface area contributed by atoms with E-state index in [0.717, 1.165) is 16.2 Å². The van der Waals surface area contributed by atoms with Crippen LogP contribution in [0.5, 0.6) is 0 Å². The second-order valence-corrected chi connectivity index (χ2v) is 7.82. The second-order valence-electron chi connectivity index (χ2n) is 3.80. The van der Waals surface area contributed by atoms with Crippen molar-refractivity contribution in [1.82, 2.24) is 4.72 Å². The molecule has 1 amide bonds. The lowest BCUT2D eigenvalue weighted by molar-refractivity contribution is 0.100. The molecule has 19 heavy (non-hydrogen) atoms. The van der Waals surface area contributed by atoms with Gasteiger partial charge in [0.2, 0.25) is 10.0 Å². The van der Waals surface area contributed by atoms with Gasteiger partial charge in [0, 0.05) is 16.3 Å². The quantitative estimate of drug-likeness (QED) is 0.879. The third-order valence-electron chi connectivity index (χ3n) is 2.42. The SMILES string of the molecule is Cc1sc(C(N)=O)cc1S(=O)(=O)NCc1cccs1. The summed E-state index contributed by atoms with van der Waals surface area (Å²) in [6, 6.07) is 5.02. The fourth-order valence-corrected chi connectivity index (χ4v) is 4.69. The number of nitrogens with two attached hydrogens (primary N) is 1. The van der Waals surface area contributed by atoms with Gasteiger partial charge in [0.05, 0.1) is 9.77 Å². The van der Waals surface area contributed by atoms with Crippen molar-refractivity contribution in [3.05, 3.63) is 38.2 Å². The molecule has 0 saturated heterocycles. The molecule has 102 valence electrons. The zero-order valence-corrected chi connectivity index (χ0v) is 12.5. The van der Waals surface area contributed by atoms with Gasteiger partial charge >= 0.3 is 0 Å². The van der Waals surface area contributed by atoms with Crippen LogP contribution >= 0.6 is 22.7 Å². The predicted molar refractivity (Wildman–Crippen MR) is 75.9 cm³/mol. The van der Waals surface area contributed by atoms with E-state index >= 15 is 0 Å². The number of aryl methyl sites for hydroxylation is 1. The Morgan fingerprint density at radius 1 is 1.47 bits per heavy atom. The van der Waals surface area contributed by atoms with Gasteiger partial charge in [-0.05, 0) is 24.4 Å². The summed E-state index contributed by atoms with van der Waals surface area (Å²) in [5.74, 6) is -0.618. The zero-order chi connectivity index (χ0) is 14.0. The first kappa shape index (κ1) is 14.2. The number of rotatable bonds is 5. The van der Waals surface area contributed by atoms with E-state index in [2.05, 4.69) is 4.72 Å². The maximum atomic E-state index is 12.1. The molecular formula is C11H12N2O3S3. The molecule has 3 N–H and O–H groups in total. The summed E-state index contributed by atoms with van der Waals surface area (Å²) in [4.78, 5) is 12.9. The van der Waals surface area contributed by atoms with Gasteiger partial charge < -0.3 is 5.73 Å². The van der Waals surface area contributed by atoms with Gasteiger partial charge in [0.1, 0.15) is 0 Å². The van der Waals surface area contributed by atoms with E-state index in [1.165, 1.54) is 17.4 Å². The summed E-state index contributed by atoms with van der Waals surface area (Å²) < 4.78 is 26.8. The van der Waals surface area contributed by atoms with E-state index in [0.29, 0.717) is 4.88 Å². The van der Waals surface area contributed by atoms with Crippen molar-refractivity contribution in [2.75, 3.05) is 0 Å². The van der Waals surface area contributed by atoms with Crippen LogP contribution in [-0.2, 0) is 16.6 Å². The van der Waals surface area contributed by atoms with E-state index in [1.807, 2.05) is 17.5 Å². The Bertz CT molecular complexity index is 687. The lowest BCUT2D eigenvalue weighted by atomic mass is 10.4. The lowest BCUT2D eigenvalue weighted by Crippen LogP contribution is -2.23. The molecule has 0 bridgehead atoms. The molecule has 0 aliphatic heterocycles. The maximum absolute atomic E-state index is 12.1. The number of primary amides is 1. The van der Waals surface area contributed by atoms with E-state index in [1.54, 1.807) is 6.92 Å². The molecule has 0 atom stereocenters. The molecule has 0 aliphatic rings. The zero-order valence-electron chi connectivity index (χ0n) is 10.0. The minimum Gasteiger partial charge on any atom is -0.365 e. The molecule has 0 aliphatic carbocycles. The number of carbonyl (C=O) groups excluding carboxylic acids is 1. The first-order valence-corrected chi connectivity index (χ1v) is 8.50. The monoisotopic (exact) mass is 316 g/mol.